The maximum atomic E-state index is 13.4. The summed E-state index contributed by atoms with van der Waals surface area (Å²) in [7, 11) is 0. The average Bonchev–Trinajstić information content (AvgIpc) is 3.51. The highest BCUT2D eigenvalue weighted by Crippen LogP contribution is 2.30. The third kappa shape index (κ3) is 7.58. The number of nitrogens with zero attached hydrogens (tertiary/aromatic N) is 1. The van der Waals surface area contributed by atoms with Crippen LogP contribution >= 0.6 is 11.8 Å². The molecule has 0 saturated carbocycles. The number of carbonyl (C=O) groups excluding carboxylic acids is 2. The Bertz CT molecular complexity index is 1270. The molecule has 3 N–H and O–H groups in total. The van der Waals surface area contributed by atoms with Crippen molar-refractivity contribution >= 4 is 40.8 Å². The smallest absolute Gasteiger partial charge is 0.323 e. The van der Waals surface area contributed by atoms with Crippen molar-refractivity contribution in [3.8, 4) is 0 Å². The van der Waals surface area contributed by atoms with E-state index in [4.69, 9.17) is 4.74 Å². The number of anilines is 3. The van der Waals surface area contributed by atoms with E-state index in [2.05, 4.69) is 51.2 Å². The predicted molar refractivity (Wildman–Crippen MR) is 164 cm³/mol. The van der Waals surface area contributed by atoms with Crippen LogP contribution in [0.5, 0.6) is 0 Å². The fourth-order valence-electron chi connectivity index (χ4n) is 5.47. The molecule has 2 fully saturated rings. The summed E-state index contributed by atoms with van der Waals surface area (Å²) in [6.45, 7) is 3.02. The Balaban J connectivity index is 1.27. The first-order valence-corrected chi connectivity index (χ1v) is 15.3. The van der Waals surface area contributed by atoms with Crippen LogP contribution in [-0.2, 0) is 11.2 Å². The summed E-state index contributed by atoms with van der Waals surface area (Å²) in [6, 6.07) is 23.6. The molecule has 0 aromatic heterocycles. The molecule has 2 saturated heterocycles. The molecular formula is C32H38N4O3S. The largest absolute Gasteiger partial charge is 0.376 e. The van der Waals surface area contributed by atoms with Gasteiger partial charge in [-0.3, -0.25) is 4.79 Å². The molecule has 0 aliphatic carbocycles. The van der Waals surface area contributed by atoms with Gasteiger partial charge < -0.3 is 25.6 Å². The lowest BCUT2D eigenvalue weighted by molar-refractivity contribution is 0.0858. The number of benzene rings is 3. The highest BCUT2D eigenvalue weighted by Gasteiger charge is 2.25. The summed E-state index contributed by atoms with van der Waals surface area (Å²) >= 11 is 1.65. The molecule has 7 nitrogen and oxygen atoms in total. The summed E-state index contributed by atoms with van der Waals surface area (Å²) in [6.07, 6.45) is 7.29. The van der Waals surface area contributed by atoms with Crippen LogP contribution in [0.1, 0.15) is 41.6 Å². The third-order valence-corrected chi connectivity index (χ3v) is 8.43. The van der Waals surface area contributed by atoms with Crippen molar-refractivity contribution in [1.82, 2.24) is 5.32 Å². The van der Waals surface area contributed by atoms with E-state index in [0.717, 1.165) is 62.4 Å². The Labute approximate surface area is 241 Å². The lowest BCUT2D eigenvalue weighted by atomic mass is 9.89. The third-order valence-electron chi connectivity index (χ3n) is 7.68. The van der Waals surface area contributed by atoms with Crippen LogP contribution in [0.25, 0.3) is 0 Å². The van der Waals surface area contributed by atoms with Crippen molar-refractivity contribution in [3.63, 3.8) is 0 Å². The van der Waals surface area contributed by atoms with Gasteiger partial charge in [-0.2, -0.15) is 0 Å². The van der Waals surface area contributed by atoms with Crippen LogP contribution in [0.4, 0.5) is 21.9 Å². The topological polar surface area (TPSA) is 82.7 Å². The van der Waals surface area contributed by atoms with Gasteiger partial charge in [0.1, 0.15) is 0 Å². The number of nitrogens with one attached hydrogen (secondary N) is 3. The minimum Gasteiger partial charge on any atom is -0.376 e. The number of carbonyl (C=O) groups is 2. The lowest BCUT2D eigenvalue weighted by Gasteiger charge is -2.35. The quantitative estimate of drug-likeness (QED) is 0.264. The van der Waals surface area contributed by atoms with Gasteiger partial charge in [-0.1, -0.05) is 30.3 Å². The Morgan fingerprint density at radius 2 is 1.65 bits per heavy atom. The molecular weight excluding hydrogens is 520 g/mol. The van der Waals surface area contributed by atoms with Crippen molar-refractivity contribution in [2.75, 3.05) is 48.0 Å². The molecule has 0 bridgehead atoms. The van der Waals surface area contributed by atoms with Crippen molar-refractivity contribution in [2.24, 2.45) is 5.92 Å². The van der Waals surface area contributed by atoms with Crippen molar-refractivity contribution in [3.05, 3.63) is 83.9 Å². The molecule has 210 valence electrons. The Morgan fingerprint density at radius 3 is 2.35 bits per heavy atom. The van der Waals surface area contributed by atoms with Gasteiger partial charge in [0.15, 0.2) is 0 Å². The molecule has 0 radical (unpaired) electrons. The van der Waals surface area contributed by atoms with Crippen LogP contribution in [0.15, 0.2) is 77.7 Å². The van der Waals surface area contributed by atoms with E-state index in [0.29, 0.717) is 29.4 Å². The first-order valence-electron chi connectivity index (χ1n) is 14.1. The van der Waals surface area contributed by atoms with Crippen molar-refractivity contribution in [2.45, 2.75) is 43.1 Å². The molecule has 1 unspecified atom stereocenters. The minimum absolute atomic E-state index is 0.0608. The van der Waals surface area contributed by atoms with Gasteiger partial charge in [-0.25, -0.2) is 4.79 Å². The molecule has 2 aliphatic heterocycles. The predicted octanol–water partition coefficient (Wildman–Crippen LogP) is 6.42. The maximum Gasteiger partial charge on any atom is 0.323 e. The number of hydrogen-bond donors (Lipinski definition) is 3. The molecule has 5 rings (SSSR count). The van der Waals surface area contributed by atoms with E-state index >= 15 is 0 Å². The summed E-state index contributed by atoms with van der Waals surface area (Å²) in [4.78, 5) is 29.6. The number of rotatable bonds is 9. The van der Waals surface area contributed by atoms with Crippen LogP contribution in [0, 0.1) is 5.92 Å². The van der Waals surface area contributed by atoms with E-state index in [-0.39, 0.29) is 18.0 Å². The van der Waals surface area contributed by atoms with Gasteiger partial charge in [-0.15, -0.1) is 11.8 Å². The number of ether oxygens (including phenoxy) is 1. The number of urea groups is 1. The van der Waals surface area contributed by atoms with E-state index in [1.807, 2.05) is 42.7 Å². The number of thioether (sulfide) groups is 1. The lowest BCUT2D eigenvalue weighted by Crippen LogP contribution is -2.37. The van der Waals surface area contributed by atoms with Crippen molar-refractivity contribution < 1.29 is 14.3 Å². The first-order chi connectivity index (χ1) is 19.6. The van der Waals surface area contributed by atoms with Crippen molar-refractivity contribution in [1.29, 1.82) is 0 Å². The highest BCUT2D eigenvalue weighted by molar-refractivity contribution is 7.98. The highest BCUT2D eigenvalue weighted by atomic mass is 32.2. The van der Waals surface area contributed by atoms with Crippen LogP contribution < -0.4 is 20.9 Å². The van der Waals surface area contributed by atoms with Crippen LogP contribution in [-0.4, -0.2) is 50.5 Å². The van der Waals surface area contributed by atoms with E-state index in [1.165, 1.54) is 5.56 Å². The standard InChI is InChI=1S/C32H38N4O3S/c1-40-28-12-9-25(10-13-28)34-32(38)35-26-11-14-30(29(21-26)31(37)33-22-27-8-5-19-39-27)36-17-15-24(16-18-36)20-23-6-3-2-4-7-23/h2-4,6-7,9-14,21,24,27H,5,8,15-20,22H2,1H3,(H,33,37)(H2,34,35,38). The molecule has 2 heterocycles. The average molecular weight is 559 g/mol. The van der Waals surface area contributed by atoms with E-state index in [1.54, 1.807) is 17.8 Å². The van der Waals surface area contributed by atoms with E-state index in [9.17, 15) is 9.59 Å². The second-order valence-electron chi connectivity index (χ2n) is 10.5. The molecule has 1 atom stereocenters. The molecule has 3 amide bonds. The van der Waals surface area contributed by atoms with Gasteiger partial charge in [0, 0.05) is 48.2 Å². The maximum absolute atomic E-state index is 13.4. The second kappa shape index (κ2) is 13.7. The Hall–Kier alpha value is -3.49. The minimum atomic E-state index is -0.350. The van der Waals surface area contributed by atoms with E-state index < -0.39 is 0 Å². The number of piperidine rings is 1. The number of amides is 3. The molecule has 8 heteroatoms. The van der Waals surface area contributed by atoms with Crippen LogP contribution in [0.3, 0.4) is 0 Å². The van der Waals surface area contributed by atoms with Gasteiger partial charge >= 0.3 is 6.03 Å². The summed E-state index contributed by atoms with van der Waals surface area (Å²) in [5.74, 6) is 0.485. The molecule has 3 aromatic carbocycles. The molecule has 0 spiro atoms. The number of hydrogen-bond acceptors (Lipinski definition) is 5. The van der Waals surface area contributed by atoms with Gasteiger partial charge in [0.2, 0.25) is 0 Å². The monoisotopic (exact) mass is 558 g/mol. The van der Waals surface area contributed by atoms with Gasteiger partial charge in [0.05, 0.1) is 11.7 Å². The van der Waals surface area contributed by atoms with Gasteiger partial charge in [-0.05, 0) is 92.3 Å². The molecule has 2 aliphatic rings. The fraction of sp³-hybridized carbons (Fsp3) is 0.375. The molecule has 3 aromatic rings. The zero-order valence-corrected chi connectivity index (χ0v) is 23.8. The zero-order valence-electron chi connectivity index (χ0n) is 23.0. The molecule has 40 heavy (non-hydrogen) atoms. The second-order valence-corrected chi connectivity index (χ2v) is 11.4. The van der Waals surface area contributed by atoms with Crippen LogP contribution in [0.2, 0.25) is 0 Å². The summed E-state index contributed by atoms with van der Waals surface area (Å²) in [5.41, 5.74) is 4.13. The zero-order chi connectivity index (χ0) is 27.7. The normalized spacial score (nSPS) is 17.4. The Kier molecular flexibility index (Phi) is 9.63. The first kappa shape index (κ1) is 28.1. The SMILES string of the molecule is CSc1ccc(NC(=O)Nc2ccc(N3CCC(Cc4ccccc4)CC3)c(C(=O)NCC3CCCO3)c2)cc1. The summed E-state index contributed by atoms with van der Waals surface area (Å²) < 4.78 is 5.70. The fourth-order valence-corrected chi connectivity index (χ4v) is 5.88. The van der Waals surface area contributed by atoms with Gasteiger partial charge in [0.25, 0.3) is 5.91 Å². The Morgan fingerprint density at radius 1 is 0.925 bits per heavy atom. The summed E-state index contributed by atoms with van der Waals surface area (Å²) in [5, 5.41) is 8.84.